The van der Waals surface area contributed by atoms with Crippen LogP contribution in [-0.2, 0) is 16.9 Å². The molecule has 1 heterocycles. The molecule has 1 aromatic heterocycles. The van der Waals surface area contributed by atoms with Crippen LogP contribution in [0.5, 0.6) is 0 Å². The Balaban J connectivity index is 1.69. The highest BCUT2D eigenvalue weighted by molar-refractivity contribution is 5.80. The van der Waals surface area contributed by atoms with Crippen LogP contribution >= 0.6 is 0 Å². The van der Waals surface area contributed by atoms with Crippen molar-refractivity contribution in [3.8, 4) is 0 Å². The summed E-state index contributed by atoms with van der Waals surface area (Å²) in [6.45, 7) is 1.30. The lowest BCUT2D eigenvalue weighted by atomic mass is 9.96. The zero-order valence-electron chi connectivity index (χ0n) is 13.6. The van der Waals surface area contributed by atoms with Crippen molar-refractivity contribution in [1.29, 1.82) is 0 Å². The van der Waals surface area contributed by atoms with E-state index in [1.807, 2.05) is 0 Å². The minimum absolute atomic E-state index is 0.0609. The Morgan fingerprint density at radius 1 is 1.24 bits per heavy atom. The second kappa shape index (κ2) is 6.52. The number of aliphatic hydroxyl groups is 1. The number of aromatic nitrogens is 2. The molecule has 0 saturated carbocycles. The molecule has 2 aromatic carbocycles. The first-order valence-electron chi connectivity index (χ1n) is 7.79. The summed E-state index contributed by atoms with van der Waals surface area (Å²) in [4.78, 5) is 26.8. The molecule has 3 aromatic rings. The van der Waals surface area contributed by atoms with Gasteiger partial charge in [0.2, 0.25) is 5.91 Å². The molecule has 130 valence electrons. The smallest absolute Gasteiger partial charge is 0.326 e. The van der Waals surface area contributed by atoms with Crippen LogP contribution in [-0.4, -0.2) is 27.1 Å². The van der Waals surface area contributed by atoms with Crippen molar-refractivity contribution < 1.29 is 14.3 Å². The summed E-state index contributed by atoms with van der Waals surface area (Å²) in [5.41, 5.74) is 0.0424. The molecule has 3 N–H and O–H groups in total. The van der Waals surface area contributed by atoms with Gasteiger partial charge in [0.05, 0.1) is 17.6 Å². The van der Waals surface area contributed by atoms with Gasteiger partial charge in [-0.2, -0.15) is 0 Å². The van der Waals surface area contributed by atoms with Gasteiger partial charge in [0.15, 0.2) is 0 Å². The largest absolute Gasteiger partial charge is 0.384 e. The summed E-state index contributed by atoms with van der Waals surface area (Å²) >= 11 is 0. The summed E-state index contributed by atoms with van der Waals surface area (Å²) in [6.07, 6.45) is 0. The molecule has 0 spiro atoms. The first kappa shape index (κ1) is 16.9. The number of H-pyrrole nitrogens is 1. The number of imidazole rings is 1. The molecule has 25 heavy (non-hydrogen) atoms. The third-order valence-electron chi connectivity index (χ3n) is 4.08. The van der Waals surface area contributed by atoms with E-state index in [0.29, 0.717) is 16.6 Å². The van der Waals surface area contributed by atoms with E-state index in [9.17, 15) is 19.1 Å². The number of rotatable bonds is 5. The standard InChI is InChI=1S/C18H18FN3O3/c1-18(25,12-6-8-13(19)9-7-12)11-20-16(23)10-22-15-5-3-2-4-14(15)21-17(22)24/h2-9,25H,10-11H2,1H3,(H,20,23)(H,21,24). The number of benzene rings is 2. The molecule has 3 rings (SSSR count). The first-order valence-corrected chi connectivity index (χ1v) is 7.79. The Bertz CT molecular complexity index is 958. The van der Waals surface area contributed by atoms with Gasteiger partial charge in [-0.25, -0.2) is 9.18 Å². The summed E-state index contributed by atoms with van der Waals surface area (Å²) < 4.78 is 14.3. The molecule has 0 aliphatic heterocycles. The van der Waals surface area contributed by atoms with Gasteiger partial charge < -0.3 is 15.4 Å². The van der Waals surface area contributed by atoms with Crippen molar-refractivity contribution in [2.24, 2.45) is 0 Å². The van der Waals surface area contributed by atoms with Crippen LogP contribution in [0.2, 0.25) is 0 Å². The minimum atomic E-state index is -1.35. The molecule has 1 unspecified atom stereocenters. The van der Waals surface area contributed by atoms with E-state index < -0.39 is 17.3 Å². The maximum Gasteiger partial charge on any atom is 0.326 e. The van der Waals surface area contributed by atoms with Gasteiger partial charge >= 0.3 is 5.69 Å². The lowest BCUT2D eigenvalue weighted by Crippen LogP contribution is -2.40. The fourth-order valence-electron chi connectivity index (χ4n) is 2.64. The molecule has 0 saturated heterocycles. The molecule has 0 aliphatic carbocycles. The van der Waals surface area contributed by atoms with E-state index >= 15 is 0 Å². The first-order chi connectivity index (χ1) is 11.9. The molecule has 7 heteroatoms. The van der Waals surface area contributed by atoms with E-state index in [4.69, 9.17) is 0 Å². The summed E-state index contributed by atoms with van der Waals surface area (Å²) in [6, 6.07) is 12.5. The van der Waals surface area contributed by atoms with E-state index in [1.165, 1.54) is 35.8 Å². The zero-order chi connectivity index (χ0) is 18.0. The summed E-state index contributed by atoms with van der Waals surface area (Å²) in [5, 5.41) is 13.1. The van der Waals surface area contributed by atoms with Gasteiger partial charge in [0, 0.05) is 0 Å². The fraction of sp³-hybridized carbons (Fsp3) is 0.222. The lowest BCUT2D eigenvalue weighted by molar-refractivity contribution is -0.122. The zero-order valence-corrected chi connectivity index (χ0v) is 13.6. The maximum absolute atomic E-state index is 13.0. The number of halogens is 1. The van der Waals surface area contributed by atoms with E-state index in [0.717, 1.165) is 0 Å². The Labute approximate surface area is 142 Å². The van der Waals surface area contributed by atoms with Gasteiger partial charge in [-0.05, 0) is 36.8 Å². The Hall–Kier alpha value is -2.93. The third kappa shape index (κ3) is 3.61. The molecule has 0 bridgehead atoms. The third-order valence-corrected chi connectivity index (χ3v) is 4.08. The molecule has 1 atom stereocenters. The van der Waals surface area contributed by atoms with Gasteiger partial charge in [0.25, 0.3) is 0 Å². The summed E-state index contributed by atoms with van der Waals surface area (Å²) in [7, 11) is 0. The number of fused-ring (bicyclic) bond motifs is 1. The van der Waals surface area contributed by atoms with Gasteiger partial charge in [0.1, 0.15) is 18.0 Å². The van der Waals surface area contributed by atoms with Crippen LogP contribution in [0.3, 0.4) is 0 Å². The van der Waals surface area contributed by atoms with Gasteiger partial charge in [-0.15, -0.1) is 0 Å². The van der Waals surface area contributed by atoms with Crippen molar-refractivity contribution in [2.75, 3.05) is 6.54 Å². The van der Waals surface area contributed by atoms with Crippen molar-refractivity contribution in [1.82, 2.24) is 14.9 Å². The molecule has 0 radical (unpaired) electrons. The Kier molecular flexibility index (Phi) is 4.41. The monoisotopic (exact) mass is 343 g/mol. The van der Waals surface area contributed by atoms with E-state index in [1.54, 1.807) is 24.3 Å². The van der Waals surface area contributed by atoms with Crippen molar-refractivity contribution in [2.45, 2.75) is 19.1 Å². The predicted octanol–water partition coefficient (Wildman–Crippen LogP) is 1.49. The highest BCUT2D eigenvalue weighted by Gasteiger charge is 2.24. The van der Waals surface area contributed by atoms with E-state index in [-0.39, 0.29) is 18.8 Å². The van der Waals surface area contributed by atoms with Crippen LogP contribution in [0.25, 0.3) is 11.0 Å². The Morgan fingerprint density at radius 2 is 1.92 bits per heavy atom. The number of aromatic amines is 1. The second-order valence-corrected chi connectivity index (χ2v) is 6.09. The number of carbonyl (C=O) groups excluding carboxylic acids is 1. The van der Waals surface area contributed by atoms with E-state index in [2.05, 4.69) is 10.3 Å². The molecule has 0 aliphatic rings. The number of carbonyl (C=O) groups is 1. The molecule has 0 fully saturated rings. The van der Waals surface area contributed by atoms with Crippen molar-refractivity contribution in [3.63, 3.8) is 0 Å². The number of hydrogen-bond donors (Lipinski definition) is 3. The Morgan fingerprint density at radius 3 is 2.64 bits per heavy atom. The average molecular weight is 343 g/mol. The minimum Gasteiger partial charge on any atom is -0.384 e. The van der Waals surface area contributed by atoms with Crippen LogP contribution in [0.15, 0.2) is 53.3 Å². The number of para-hydroxylation sites is 2. The van der Waals surface area contributed by atoms with Crippen LogP contribution in [0, 0.1) is 5.82 Å². The fourth-order valence-corrected chi connectivity index (χ4v) is 2.64. The molecule has 1 amide bonds. The topological polar surface area (TPSA) is 87.1 Å². The van der Waals surface area contributed by atoms with Crippen LogP contribution < -0.4 is 11.0 Å². The normalized spacial score (nSPS) is 13.6. The summed E-state index contributed by atoms with van der Waals surface area (Å²) in [5.74, 6) is -0.809. The van der Waals surface area contributed by atoms with Crippen LogP contribution in [0.1, 0.15) is 12.5 Å². The SMILES string of the molecule is CC(O)(CNC(=O)Cn1c(=O)[nH]c2ccccc21)c1ccc(F)cc1. The number of nitrogens with zero attached hydrogens (tertiary/aromatic N) is 1. The number of amides is 1. The predicted molar refractivity (Wildman–Crippen MR) is 91.5 cm³/mol. The molecule has 6 nitrogen and oxygen atoms in total. The quantitative estimate of drug-likeness (QED) is 0.656. The highest BCUT2D eigenvalue weighted by Crippen LogP contribution is 2.19. The van der Waals surface area contributed by atoms with Crippen LogP contribution in [0.4, 0.5) is 4.39 Å². The van der Waals surface area contributed by atoms with Crippen molar-refractivity contribution in [3.05, 3.63) is 70.4 Å². The van der Waals surface area contributed by atoms with Crippen molar-refractivity contribution >= 4 is 16.9 Å². The van der Waals surface area contributed by atoms with Gasteiger partial charge in [-0.3, -0.25) is 9.36 Å². The highest BCUT2D eigenvalue weighted by atomic mass is 19.1. The average Bonchev–Trinajstić information content (AvgIpc) is 2.89. The number of hydrogen-bond acceptors (Lipinski definition) is 3. The molecular formula is C18H18FN3O3. The lowest BCUT2D eigenvalue weighted by Gasteiger charge is -2.24. The second-order valence-electron chi connectivity index (χ2n) is 6.09. The maximum atomic E-state index is 13.0. The van der Waals surface area contributed by atoms with Gasteiger partial charge in [-0.1, -0.05) is 24.3 Å². The number of nitrogens with one attached hydrogen (secondary N) is 2. The molecular weight excluding hydrogens is 325 g/mol.